The zero-order valence-corrected chi connectivity index (χ0v) is 16.6. The third-order valence-electron chi connectivity index (χ3n) is 4.47. The highest BCUT2D eigenvalue weighted by Gasteiger charge is 2.23. The van der Waals surface area contributed by atoms with E-state index in [2.05, 4.69) is 5.32 Å². The van der Waals surface area contributed by atoms with Crippen LogP contribution < -0.4 is 15.4 Å². The monoisotopic (exact) mass is 411 g/mol. The Kier molecular flexibility index (Phi) is 5.86. The number of nitrogens with one attached hydrogen (secondary N) is 1. The summed E-state index contributed by atoms with van der Waals surface area (Å²) in [4.78, 5) is 13.2. The van der Waals surface area contributed by atoms with E-state index in [1.165, 1.54) is 6.07 Å². The van der Waals surface area contributed by atoms with Crippen LogP contribution >= 0.6 is 0 Å². The molecular weight excluding hydrogens is 390 g/mol. The van der Waals surface area contributed by atoms with Crippen molar-refractivity contribution in [3.05, 3.63) is 83.9 Å². The van der Waals surface area contributed by atoms with Crippen LogP contribution in [0.3, 0.4) is 0 Å². The average Bonchev–Trinajstić information content (AvgIpc) is 2.71. The second kappa shape index (κ2) is 8.34. The Labute approximate surface area is 169 Å². The Balaban J connectivity index is 2.11. The van der Waals surface area contributed by atoms with Crippen LogP contribution in [-0.4, -0.2) is 26.5 Å². The first-order valence-electron chi connectivity index (χ1n) is 8.78. The van der Waals surface area contributed by atoms with Crippen molar-refractivity contribution in [3.63, 3.8) is 0 Å². The zero-order valence-electron chi connectivity index (χ0n) is 15.7. The van der Waals surface area contributed by atoms with Gasteiger partial charge in [-0.15, -0.1) is 0 Å². The maximum Gasteiger partial charge on any atom is 0.337 e. The molecule has 0 atom stereocenters. The lowest BCUT2D eigenvalue weighted by Crippen LogP contribution is -2.20. The van der Waals surface area contributed by atoms with Gasteiger partial charge in [0.15, 0.2) is 0 Å². The number of aromatic carboxylic acids is 1. The van der Waals surface area contributed by atoms with Crippen LogP contribution in [0.25, 0.3) is 0 Å². The molecule has 0 heterocycles. The van der Waals surface area contributed by atoms with E-state index in [4.69, 9.17) is 5.14 Å². The fourth-order valence-corrected chi connectivity index (χ4v) is 3.73. The Morgan fingerprint density at radius 2 is 1.62 bits per heavy atom. The standard InChI is InChI=1S/C21H21N3O4S/c1-24(16-10-6-3-7-11-16)19-13-18(23-14-15-8-4-2-5-9-15)17(21(25)26)12-20(19)29(22,27)28/h2-13,23H,14H2,1H3,(H,25,26)(H2,22,27,28). The van der Waals surface area contributed by atoms with Crippen molar-refractivity contribution < 1.29 is 18.3 Å². The molecule has 0 aliphatic heterocycles. The van der Waals surface area contributed by atoms with Gasteiger partial charge >= 0.3 is 5.97 Å². The molecule has 0 spiro atoms. The molecule has 0 aromatic heterocycles. The van der Waals surface area contributed by atoms with Crippen molar-refractivity contribution in [3.8, 4) is 0 Å². The number of carbonyl (C=O) groups is 1. The predicted octanol–water partition coefficient (Wildman–Crippen LogP) is 3.41. The van der Waals surface area contributed by atoms with Crippen molar-refractivity contribution >= 4 is 33.1 Å². The van der Waals surface area contributed by atoms with E-state index in [0.717, 1.165) is 17.3 Å². The Hall–Kier alpha value is -3.36. The summed E-state index contributed by atoms with van der Waals surface area (Å²) in [7, 11) is -2.46. The van der Waals surface area contributed by atoms with Crippen LogP contribution in [0.15, 0.2) is 77.7 Å². The number of hydrogen-bond donors (Lipinski definition) is 3. The lowest BCUT2D eigenvalue weighted by Gasteiger charge is -2.24. The first-order chi connectivity index (χ1) is 13.8. The van der Waals surface area contributed by atoms with Crippen LogP contribution in [0, 0.1) is 0 Å². The second-order valence-electron chi connectivity index (χ2n) is 6.45. The molecule has 0 unspecified atom stereocenters. The minimum atomic E-state index is -4.16. The van der Waals surface area contributed by atoms with Gasteiger partial charge in [0.2, 0.25) is 10.0 Å². The van der Waals surface area contributed by atoms with Gasteiger partial charge in [0.25, 0.3) is 0 Å². The quantitative estimate of drug-likeness (QED) is 0.549. The topological polar surface area (TPSA) is 113 Å². The Morgan fingerprint density at radius 3 is 2.17 bits per heavy atom. The van der Waals surface area contributed by atoms with E-state index >= 15 is 0 Å². The first kappa shape index (κ1) is 20.4. The molecule has 3 aromatic rings. The van der Waals surface area contributed by atoms with Gasteiger partial charge in [-0.3, -0.25) is 0 Å². The van der Waals surface area contributed by atoms with E-state index in [-0.39, 0.29) is 16.1 Å². The smallest absolute Gasteiger partial charge is 0.337 e. The summed E-state index contributed by atoms with van der Waals surface area (Å²) in [6, 6.07) is 21.2. The summed E-state index contributed by atoms with van der Waals surface area (Å²) in [6.45, 7) is 0.379. The predicted molar refractivity (Wildman–Crippen MR) is 113 cm³/mol. The van der Waals surface area contributed by atoms with Gasteiger partial charge in [0, 0.05) is 19.3 Å². The van der Waals surface area contributed by atoms with Gasteiger partial charge < -0.3 is 15.3 Å². The number of para-hydroxylation sites is 1. The highest BCUT2D eigenvalue weighted by Crippen LogP contribution is 2.34. The van der Waals surface area contributed by atoms with Crippen molar-refractivity contribution in [2.24, 2.45) is 5.14 Å². The maximum atomic E-state index is 12.2. The molecule has 0 bridgehead atoms. The molecule has 0 saturated heterocycles. The fourth-order valence-electron chi connectivity index (χ4n) is 2.97. The lowest BCUT2D eigenvalue weighted by atomic mass is 10.1. The number of anilines is 3. The molecule has 0 radical (unpaired) electrons. The van der Waals surface area contributed by atoms with E-state index in [1.807, 2.05) is 60.7 Å². The van der Waals surface area contributed by atoms with E-state index in [1.54, 1.807) is 11.9 Å². The molecule has 3 rings (SSSR count). The van der Waals surface area contributed by atoms with Gasteiger partial charge in [0.1, 0.15) is 4.90 Å². The molecule has 0 aliphatic carbocycles. The summed E-state index contributed by atoms with van der Waals surface area (Å²) in [5.74, 6) is -1.25. The van der Waals surface area contributed by atoms with E-state index in [9.17, 15) is 18.3 Å². The zero-order chi connectivity index (χ0) is 21.0. The van der Waals surface area contributed by atoms with Crippen molar-refractivity contribution in [1.82, 2.24) is 0 Å². The highest BCUT2D eigenvalue weighted by atomic mass is 32.2. The normalized spacial score (nSPS) is 11.1. The largest absolute Gasteiger partial charge is 0.478 e. The lowest BCUT2D eigenvalue weighted by molar-refractivity contribution is 0.0697. The van der Waals surface area contributed by atoms with Gasteiger partial charge in [-0.25, -0.2) is 18.4 Å². The third kappa shape index (κ3) is 4.74. The Bertz CT molecular complexity index is 1120. The molecule has 7 nitrogen and oxygen atoms in total. The summed E-state index contributed by atoms with van der Waals surface area (Å²) in [5.41, 5.74) is 2.09. The molecule has 3 aromatic carbocycles. The van der Waals surface area contributed by atoms with Gasteiger partial charge in [-0.2, -0.15) is 0 Å². The summed E-state index contributed by atoms with van der Waals surface area (Å²) >= 11 is 0. The summed E-state index contributed by atoms with van der Waals surface area (Å²) < 4.78 is 24.4. The van der Waals surface area contributed by atoms with Crippen LogP contribution in [0.4, 0.5) is 17.1 Å². The molecule has 0 aliphatic rings. The third-order valence-corrected chi connectivity index (χ3v) is 5.41. The van der Waals surface area contributed by atoms with Crippen molar-refractivity contribution in [1.29, 1.82) is 0 Å². The Morgan fingerprint density at radius 1 is 1.03 bits per heavy atom. The van der Waals surface area contributed by atoms with Gasteiger partial charge in [-0.05, 0) is 29.8 Å². The number of nitrogens with two attached hydrogens (primary N) is 1. The maximum absolute atomic E-state index is 12.2. The molecule has 8 heteroatoms. The number of benzene rings is 3. The number of primary sulfonamides is 1. The van der Waals surface area contributed by atoms with Gasteiger partial charge in [0.05, 0.1) is 16.9 Å². The number of carboxylic acid groups (broad SMARTS) is 1. The molecule has 150 valence electrons. The average molecular weight is 411 g/mol. The minimum Gasteiger partial charge on any atom is -0.478 e. The molecular formula is C21H21N3O4S. The highest BCUT2D eigenvalue weighted by molar-refractivity contribution is 7.89. The van der Waals surface area contributed by atoms with E-state index in [0.29, 0.717) is 12.2 Å². The number of carboxylic acids is 1. The van der Waals surface area contributed by atoms with Gasteiger partial charge in [-0.1, -0.05) is 48.5 Å². The van der Waals surface area contributed by atoms with Crippen LogP contribution in [0.1, 0.15) is 15.9 Å². The minimum absolute atomic E-state index is 0.171. The molecule has 29 heavy (non-hydrogen) atoms. The van der Waals surface area contributed by atoms with Crippen LogP contribution in [0.5, 0.6) is 0 Å². The van der Waals surface area contributed by atoms with Crippen molar-refractivity contribution in [2.75, 3.05) is 17.3 Å². The summed E-state index contributed by atoms with van der Waals surface area (Å²) in [6.07, 6.45) is 0. The summed E-state index contributed by atoms with van der Waals surface area (Å²) in [5, 5.41) is 18.1. The number of nitrogens with zero attached hydrogens (tertiary/aromatic N) is 1. The van der Waals surface area contributed by atoms with Crippen LogP contribution in [-0.2, 0) is 16.6 Å². The fraction of sp³-hybridized carbons (Fsp3) is 0.0952. The number of sulfonamides is 1. The van der Waals surface area contributed by atoms with Crippen molar-refractivity contribution in [2.45, 2.75) is 11.4 Å². The SMILES string of the molecule is CN(c1ccccc1)c1cc(NCc2ccccc2)c(C(=O)O)cc1S(N)(=O)=O. The molecule has 4 N–H and O–H groups in total. The number of hydrogen-bond acceptors (Lipinski definition) is 5. The first-order valence-corrected chi connectivity index (χ1v) is 10.3. The second-order valence-corrected chi connectivity index (χ2v) is 7.98. The van der Waals surface area contributed by atoms with Crippen LogP contribution in [0.2, 0.25) is 0 Å². The van der Waals surface area contributed by atoms with E-state index < -0.39 is 16.0 Å². The number of rotatable bonds is 7. The molecule has 0 fully saturated rings. The molecule has 0 saturated carbocycles. The molecule has 0 amide bonds.